The number of carboxylic acids is 1. The average Bonchev–Trinajstić information content (AvgIpc) is 2.93. The molecule has 1 aliphatic rings. The molecule has 2 rings (SSSR count). The van der Waals surface area contributed by atoms with Gasteiger partial charge in [-0.15, -0.1) is 11.8 Å². The van der Waals surface area contributed by atoms with E-state index in [2.05, 4.69) is 0 Å². The number of carboxylic acid groups (broad SMARTS) is 1. The molecule has 0 aromatic heterocycles. The molecule has 1 atom stereocenters. The van der Waals surface area contributed by atoms with Gasteiger partial charge in [-0.25, -0.2) is 4.79 Å². The van der Waals surface area contributed by atoms with Crippen molar-refractivity contribution >= 4 is 35.2 Å². The molecule has 1 aliphatic heterocycles. The van der Waals surface area contributed by atoms with Gasteiger partial charge in [-0.2, -0.15) is 0 Å². The van der Waals surface area contributed by atoms with E-state index in [1.807, 2.05) is 11.8 Å². The van der Waals surface area contributed by atoms with E-state index in [0.29, 0.717) is 0 Å². The van der Waals surface area contributed by atoms with Crippen molar-refractivity contribution in [3.8, 4) is 0 Å². The number of likely N-dealkylation sites (tertiary alicyclic amines) is 1. The van der Waals surface area contributed by atoms with Crippen molar-refractivity contribution < 1.29 is 14.7 Å². The van der Waals surface area contributed by atoms with Gasteiger partial charge in [0.15, 0.2) is 0 Å². The Kier molecular flexibility index (Phi) is 4.94. The van der Waals surface area contributed by atoms with Gasteiger partial charge in [0.1, 0.15) is 0 Å². The molecule has 0 bridgehead atoms. The minimum absolute atomic E-state index is 0.0671. The number of rotatable bonds is 4. The molecule has 0 aliphatic carbocycles. The van der Waals surface area contributed by atoms with Crippen LogP contribution in [-0.4, -0.2) is 40.2 Å². The van der Waals surface area contributed by atoms with Crippen molar-refractivity contribution in [3.63, 3.8) is 0 Å². The highest BCUT2D eigenvalue weighted by atomic mass is 35.5. The molecular weight excluding hydrogens is 298 g/mol. The van der Waals surface area contributed by atoms with Crippen LogP contribution < -0.4 is 0 Å². The summed E-state index contributed by atoms with van der Waals surface area (Å²) in [5.41, 5.74) is 0.0671. The molecule has 1 aromatic rings. The lowest BCUT2D eigenvalue weighted by Gasteiger charge is -2.20. The zero-order chi connectivity index (χ0) is 14.7. The van der Waals surface area contributed by atoms with Crippen LogP contribution in [0.25, 0.3) is 0 Å². The van der Waals surface area contributed by atoms with Gasteiger partial charge in [0, 0.05) is 18.0 Å². The maximum atomic E-state index is 12.2. The Labute approximate surface area is 127 Å². The number of halogens is 1. The number of nitrogens with zero attached hydrogens (tertiary/aromatic N) is 1. The first kappa shape index (κ1) is 15.2. The zero-order valence-electron chi connectivity index (χ0n) is 11.1. The van der Waals surface area contributed by atoms with Crippen LogP contribution >= 0.6 is 23.4 Å². The second-order valence-corrected chi connectivity index (χ2v) is 6.56. The van der Waals surface area contributed by atoms with Gasteiger partial charge in [0.05, 0.1) is 15.8 Å². The van der Waals surface area contributed by atoms with Gasteiger partial charge in [0.2, 0.25) is 5.91 Å². The SMILES string of the molecule is CC(Sc1ccc(Cl)c(C(=O)O)c1)C(=O)N1CCCC1. The molecule has 1 heterocycles. The Morgan fingerprint density at radius 2 is 2.00 bits per heavy atom. The summed E-state index contributed by atoms with van der Waals surface area (Å²) >= 11 is 7.19. The molecule has 1 N–H and O–H groups in total. The highest BCUT2D eigenvalue weighted by Gasteiger charge is 2.24. The zero-order valence-corrected chi connectivity index (χ0v) is 12.7. The molecule has 1 fully saturated rings. The summed E-state index contributed by atoms with van der Waals surface area (Å²) < 4.78 is 0. The summed E-state index contributed by atoms with van der Waals surface area (Å²) in [6, 6.07) is 4.82. The Hall–Kier alpha value is -1.20. The normalized spacial score (nSPS) is 16.2. The first-order chi connectivity index (χ1) is 9.49. The van der Waals surface area contributed by atoms with Crippen molar-refractivity contribution in [2.75, 3.05) is 13.1 Å². The number of benzene rings is 1. The highest BCUT2D eigenvalue weighted by molar-refractivity contribution is 8.00. The Balaban J connectivity index is 2.07. The van der Waals surface area contributed by atoms with Gasteiger partial charge in [-0.1, -0.05) is 11.6 Å². The lowest BCUT2D eigenvalue weighted by Crippen LogP contribution is -2.33. The molecule has 1 amide bonds. The van der Waals surface area contributed by atoms with Crippen molar-refractivity contribution in [1.29, 1.82) is 0 Å². The third-order valence-electron chi connectivity index (χ3n) is 3.25. The van der Waals surface area contributed by atoms with Gasteiger partial charge in [-0.3, -0.25) is 4.79 Å². The summed E-state index contributed by atoms with van der Waals surface area (Å²) in [5, 5.41) is 9.02. The number of carbonyl (C=O) groups is 2. The summed E-state index contributed by atoms with van der Waals surface area (Å²) in [6.45, 7) is 3.50. The maximum Gasteiger partial charge on any atom is 0.337 e. The topological polar surface area (TPSA) is 57.6 Å². The molecule has 1 unspecified atom stereocenters. The molecular formula is C14H16ClNO3S. The quantitative estimate of drug-likeness (QED) is 0.868. The standard InChI is InChI=1S/C14H16ClNO3S/c1-9(13(17)16-6-2-3-7-16)20-10-4-5-12(15)11(8-10)14(18)19/h4-5,8-9H,2-3,6-7H2,1H3,(H,18,19). The Bertz CT molecular complexity index is 529. The Morgan fingerprint density at radius 1 is 1.35 bits per heavy atom. The lowest BCUT2D eigenvalue weighted by molar-refractivity contribution is -0.129. The van der Waals surface area contributed by atoms with Crippen LogP contribution in [-0.2, 0) is 4.79 Å². The van der Waals surface area contributed by atoms with Crippen LogP contribution in [0.15, 0.2) is 23.1 Å². The lowest BCUT2D eigenvalue weighted by atomic mass is 10.2. The van der Waals surface area contributed by atoms with Crippen LogP contribution in [0, 0.1) is 0 Å². The summed E-state index contributed by atoms with van der Waals surface area (Å²) in [7, 11) is 0. The molecule has 1 saturated heterocycles. The number of carbonyl (C=O) groups excluding carboxylic acids is 1. The summed E-state index contributed by atoms with van der Waals surface area (Å²) in [5.74, 6) is -0.949. The summed E-state index contributed by atoms with van der Waals surface area (Å²) in [4.78, 5) is 25.8. The third-order valence-corrected chi connectivity index (χ3v) is 4.66. The minimum Gasteiger partial charge on any atom is -0.478 e. The molecule has 20 heavy (non-hydrogen) atoms. The minimum atomic E-state index is -1.06. The van der Waals surface area contributed by atoms with Crippen molar-refractivity contribution in [3.05, 3.63) is 28.8 Å². The monoisotopic (exact) mass is 313 g/mol. The van der Waals surface area contributed by atoms with Crippen LogP contribution in [0.5, 0.6) is 0 Å². The van der Waals surface area contributed by atoms with E-state index in [1.54, 1.807) is 12.1 Å². The van der Waals surface area contributed by atoms with E-state index < -0.39 is 5.97 Å². The van der Waals surface area contributed by atoms with Gasteiger partial charge < -0.3 is 10.0 Å². The van der Waals surface area contributed by atoms with Crippen molar-refractivity contribution in [1.82, 2.24) is 4.90 Å². The van der Waals surface area contributed by atoms with E-state index in [1.165, 1.54) is 17.8 Å². The van der Waals surface area contributed by atoms with Crippen molar-refractivity contribution in [2.24, 2.45) is 0 Å². The molecule has 0 spiro atoms. The largest absolute Gasteiger partial charge is 0.478 e. The molecule has 0 saturated carbocycles. The number of hydrogen-bond donors (Lipinski definition) is 1. The fraction of sp³-hybridized carbons (Fsp3) is 0.429. The van der Waals surface area contributed by atoms with E-state index in [9.17, 15) is 9.59 Å². The van der Waals surface area contributed by atoms with Crippen LogP contribution in [0.1, 0.15) is 30.1 Å². The fourth-order valence-corrected chi connectivity index (χ4v) is 3.38. The highest BCUT2D eigenvalue weighted by Crippen LogP contribution is 2.29. The smallest absolute Gasteiger partial charge is 0.337 e. The third kappa shape index (κ3) is 3.46. The van der Waals surface area contributed by atoms with Crippen molar-refractivity contribution in [2.45, 2.75) is 29.9 Å². The van der Waals surface area contributed by atoms with Gasteiger partial charge >= 0.3 is 5.97 Å². The van der Waals surface area contributed by atoms with Gasteiger partial charge in [-0.05, 0) is 38.0 Å². The maximum absolute atomic E-state index is 12.2. The second kappa shape index (κ2) is 6.50. The van der Waals surface area contributed by atoms with E-state index in [0.717, 1.165) is 30.8 Å². The Morgan fingerprint density at radius 3 is 2.60 bits per heavy atom. The average molecular weight is 314 g/mol. The molecule has 6 heteroatoms. The predicted octanol–water partition coefficient (Wildman–Crippen LogP) is 3.14. The van der Waals surface area contributed by atoms with Crippen LogP contribution in [0.4, 0.5) is 0 Å². The number of hydrogen-bond acceptors (Lipinski definition) is 3. The van der Waals surface area contributed by atoms with E-state index in [4.69, 9.17) is 16.7 Å². The second-order valence-electron chi connectivity index (χ2n) is 4.74. The predicted molar refractivity (Wildman–Crippen MR) is 79.5 cm³/mol. The number of amides is 1. The van der Waals surface area contributed by atoms with E-state index in [-0.39, 0.29) is 21.7 Å². The van der Waals surface area contributed by atoms with Gasteiger partial charge in [0.25, 0.3) is 0 Å². The number of thioether (sulfide) groups is 1. The molecule has 4 nitrogen and oxygen atoms in total. The molecule has 1 aromatic carbocycles. The van der Waals surface area contributed by atoms with Crippen LogP contribution in [0.2, 0.25) is 5.02 Å². The first-order valence-electron chi connectivity index (χ1n) is 6.47. The fourth-order valence-electron chi connectivity index (χ4n) is 2.19. The molecule has 108 valence electrons. The summed E-state index contributed by atoms with van der Waals surface area (Å²) in [6.07, 6.45) is 2.13. The van der Waals surface area contributed by atoms with Crippen LogP contribution in [0.3, 0.4) is 0 Å². The van der Waals surface area contributed by atoms with E-state index >= 15 is 0 Å². The first-order valence-corrected chi connectivity index (χ1v) is 7.73. The number of aromatic carboxylic acids is 1. The molecule has 0 radical (unpaired) electrons.